The molecule has 0 saturated heterocycles. The van der Waals surface area contributed by atoms with Crippen LogP contribution < -0.4 is 0 Å². The molecule has 0 radical (unpaired) electrons. The highest BCUT2D eigenvalue weighted by atomic mass is 16.6. The average molecular weight is 341 g/mol. The molecule has 0 aromatic heterocycles. The Labute approximate surface area is 155 Å². The van der Waals surface area contributed by atoms with Crippen molar-refractivity contribution < 1.29 is 4.84 Å². The van der Waals surface area contributed by atoms with Crippen LogP contribution in [0.15, 0.2) is 90.1 Å². The highest BCUT2D eigenvalue weighted by Gasteiger charge is 2.08. The highest BCUT2D eigenvalue weighted by molar-refractivity contribution is 5.78. The second-order valence-corrected chi connectivity index (χ2v) is 6.35. The van der Waals surface area contributed by atoms with E-state index in [0.29, 0.717) is 0 Å². The summed E-state index contributed by atoms with van der Waals surface area (Å²) in [5.41, 5.74) is 5.70. The lowest BCUT2D eigenvalue weighted by atomic mass is 10.1. The summed E-state index contributed by atoms with van der Waals surface area (Å²) in [5, 5.41) is 4.19. The van der Waals surface area contributed by atoms with Gasteiger partial charge in [0.15, 0.2) is 6.10 Å². The molecule has 2 heteroatoms. The lowest BCUT2D eigenvalue weighted by Gasteiger charge is -2.12. The molecule has 0 aliphatic rings. The van der Waals surface area contributed by atoms with E-state index in [1.54, 1.807) is 6.21 Å². The fourth-order valence-electron chi connectivity index (χ4n) is 2.54. The molecular weight excluding hydrogens is 318 g/mol. The minimum absolute atomic E-state index is 0.239. The molecule has 0 heterocycles. The largest absolute Gasteiger partial charge is 0.383 e. The zero-order chi connectivity index (χ0) is 18.2. The molecule has 0 saturated carbocycles. The summed E-state index contributed by atoms with van der Waals surface area (Å²) in [6.45, 7) is 4.17. The van der Waals surface area contributed by atoms with Crippen molar-refractivity contribution in [2.45, 2.75) is 20.0 Å². The zero-order valence-electron chi connectivity index (χ0n) is 15.2. The molecule has 0 aliphatic carbocycles. The van der Waals surface area contributed by atoms with Crippen LogP contribution in [0.5, 0.6) is 0 Å². The smallest absolute Gasteiger partial charge is 0.171 e. The molecule has 1 atom stereocenters. The predicted octanol–water partition coefficient (Wildman–Crippen LogP) is 6.11. The number of hydrogen-bond acceptors (Lipinski definition) is 2. The van der Waals surface area contributed by atoms with Crippen LogP contribution in [0.2, 0.25) is 0 Å². The van der Waals surface area contributed by atoms with E-state index in [4.69, 9.17) is 4.84 Å². The van der Waals surface area contributed by atoms with Crippen LogP contribution >= 0.6 is 0 Å². The van der Waals surface area contributed by atoms with Gasteiger partial charge in [0.1, 0.15) is 0 Å². The molecule has 130 valence electrons. The third kappa shape index (κ3) is 5.18. The molecule has 0 bridgehead atoms. The average Bonchev–Trinajstić information content (AvgIpc) is 2.67. The van der Waals surface area contributed by atoms with E-state index in [0.717, 1.165) is 16.7 Å². The number of rotatable bonds is 6. The summed E-state index contributed by atoms with van der Waals surface area (Å²) in [4.78, 5) is 5.80. The minimum Gasteiger partial charge on any atom is -0.383 e. The Hall–Kier alpha value is -3.13. The lowest BCUT2D eigenvalue weighted by Crippen LogP contribution is -1.98. The van der Waals surface area contributed by atoms with Gasteiger partial charge in [0.2, 0.25) is 0 Å². The van der Waals surface area contributed by atoms with E-state index < -0.39 is 0 Å². The topological polar surface area (TPSA) is 21.6 Å². The number of oxime groups is 1. The van der Waals surface area contributed by atoms with Crippen molar-refractivity contribution in [3.05, 3.63) is 113 Å². The Morgan fingerprint density at radius 2 is 1.35 bits per heavy atom. The van der Waals surface area contributed by atoms with E-state index in [1.807, 2.05) is 36.4 Å². The Morgan fingerprint density at radius 1 is 0.731 bits per heavy atom. The van der Waals surface area contributed by atoms with Crippen LogP contribution in [0, 0.1) is 13.8 Å². The Morgan fingerprint density at radius 3 is 2.00 bits per heavy atom. The fraction of sp³-hybridized carbons (Fsp3) is 0.125. The first-order valence-corrected chi connectivity index (χ1v) is 8.76. The number of aryl methyl sites for hydroxylation is 2. The van der Waals surface area contributed by atoms with Gasteiger partial charge in [-0.05, 0) is 36.6 Å². The van der Waals surface area contributed by atoms with Crippen molar-refractivity contribution in [3.8, 4) is 0 Å². The van der Waals surface area contributed by atoms with Crippen LogP contribution in [0.1, 0.15) is 33.9 Å². The molecule has 0 fully saturated rings. The first-order chi connectivity index (χ1) is 12.7. The van der Waals surface area contributed by atoms with Gasteiger partial charge in [0, 0.05) is 0 Å². The summed E-state index contributed by atoms with van der Waals surface area (Å²) in [7, 11) is 0. The normalized spacial score (nSPS) is 12.5. The first-order valence-electron chi connectivity index (χ1n) is 8.76. The van der Waals surface area contributed by atoms with Gasteiger partial charge in [-0.25, -0.2) is 0 Å². The maximum absolute atomic E-state index is 5.80. The second kappa shape index (κ2) is 8.82. The lowest BCUT2D eigenvalue weighted by molar-refractivity contribution is 0.0948. The van der Waals surface area contributed by atoms with Gasteiger partial charge >= 0.3 is 0 Å². The standard InChI is InChI=1S/C24H23NO/c1-19-8-12-21(13-9-19)14-17-24(23-15-10-20(2)11-16-23)26-25-18-22-6-4-3-5-7-22/h3-18,24H,1-2H3/b17-14+,25-18+/t24-/m0/s1. The van der Waals surface area contributed by atoms with Crippen LogP contribution in [0.3, 0.4) is 0 Å². The van der Waals surface area contributed by atoms with Crippen LogP contribution in [-0.4, -0.2) is 6.21 Å². The van der Waals surface area contributed by atoms with Gasteiger partial charge in [0.05, 0.1) is 6.21 Å². The molecular formula is C24H23NO. The molecule has 2 nitrogen and oxygen atoms in total. The Bertz CT molecular complexity index is 862. The zero-order valence-corrected chi connectivity index (χ0v) is 15.2. The molecule has 3 aromatic rings. The molecule has 3 aromatic carbocycles. The van der Waals surface area contributed by atoms with Crippen molar-refractivity contribution in [1.29, 1.82) is 0 Å². The molecule has 0 amide bonds. The SMILES string of the molecule is Cc1ccc(/C=C/[C@H](O/N=C/c2ccccc2)c2ccc(C)cc2)cc1. The highest BCUT2D eigenvalue weighted by Crippen LogP contribution is 2.21. The van der Waals surface area contributed by atoms with Gasteiger partial charge in [-0.15, -0.1) is 0 Å². The van der Waals surface area contributed by atoms with E-state index in [9.17, 15) is 0 Å². The van der Waals surface area contributed by atoms with Crippen molar-refractivity contribution >= 4 is 12.3 Å². The number of benzene rings is 3. The van der Waals surface area contributed by atoms with E-state index in [2.05, 4.69) is 73.6 Å². The van der Waals surface area contributed by atoms with Crippen LogP contribution in [-0.2, 0) is 4.84 Å². The third-order valence-corrected chi connectivity index (χ3v) is 4.12. The van der Waals surface area contributed by atoms with Crippen LogP contribution in [0.4, 0.5) is 0 Å². The molecule has 0 aliphatic heterocycles. The third-order valence-electron chi connectivity index (χ3n) is 4.12. The van der Waals surface area contributed by atoms with E-state index in [1.165, 1.54) is 11.1 Å². The summed E-state index contributed by atoms with van der Waals surface area (Å²) >= 11 is 0. The van der Waals surface area contributed by atoms with Crippen molar-refractivity contribution in [3.63, 3.8) is 0 Å². The summed E-state index contributed by atoms with van der Waals surface area (Å²) in [6.07, 6.45) is 5.61. The summed E-state index contributed by atoms with van der Waals surface area (Å²) in [6, 6.07) is 26.7. The van der Waals surface area contributed by atoms with Crippen molar-refractivity contribution in [1.82, 2.24) is 0 Å². The van der Waals surface area contributed by atoms with E-state index >= 15 is 0 Å². The first kappa shape index (κ1) is 17.7. The maximum atomic E-state index is 5.80. The van der Waals surface area contributed by atoms with E-state index in [-0.39, 0.29) is 6.10 Å². The van der Waals surface area contributed by atoms with Gasteiger partial charge in [-0.2, -0.15) is 0 Å². The quantitative estimate of drug-likeness (QED) is 0.391. The Kier molecular flexibility index (Phi) is 6.00. The molecule has 0 unspecified atom stereocenters. The van der Waals surface area contributed by atoms with Crippen molar-refractivity contribution in [2.75, 3.05) is 0 Å². The monoisotopic (exact) mass is 341 g/mol. The summed E-state index contributed by atoms with van der Waals surface area (Å²) in [5.74, 6) is 0. The second-order valence-electron chi connectivity index (χ2n) is 6.35. The molecule has 26 heavy (non-hydrogen) atoms. The minimum atomic E-state index is -0.239. The van der Waals surface area contributed by atoms with Crippen LogP contribution in [0.25, 0.3) is 6.08 Å². The number of hydrogen-bond donors (Lipinski definition) is 0. The number of nitrogens with zero attached hydrogens (tertiary/aromatic N) is 1. The fourth-order valence-corrected chi connectivity index (χ4v) is 2.54. The van der Waals surface area contributed by atoms with Crippen molar-refractivity contribution in [2.24, 2.45) is 5.16 Å². The van der Waals surface area contributed by atoms with Gasteiger partial charge in [-0.3, -0.25) is 0 Å². The summed E-state index contributed by atoms with van der Waals surface area (Å²) < 4.78 is 0. The van der Waals surface area contributed by atoms with Gasteiger partial charge in [0.25, 0.3) is 0 Å². The Balaban J connectivity index is 1.78. The molecule has 0 spiro atoms. The predicted molar refractivity (Wildman–Crippen MR) is 109 cm³/mol. The van der Waals surface area contributed by atoms with Gasteiger partial charge in [-0.1, -0.05) is 101 Å². The molecule has 3 rings (SSSR count). The molecule has 0 N–H and O–H groups in total. The van der Waals surface area contributed by atoms with Gasteiger partial charge < -0.3 is 4.84 Å². The maximum Gasteiger partial charge on any atom is 0.171 e.